The fraction of sp³-hybridized carbons (Fsp3) is 0.333. The molecule has 0 aliphatic heterocycles. The van der Waals surface area contributed by atoms with Crippen LogP contribution in [0.5, 0.6) is 0 Å². The molecule has 0 atom stereocenters. The fourth-order valence-electron chi connectivity index (χ4n) is 1.61. The van der Waals surface area contributed by atoms with Gasteiger partial charge in [-0.1, -0.05) is 12.1 Å². The zero-order valence-corrected chi connectivity index (χ0v) is 10.00. The minimum Gasteiger partial charge on any atom is -0.476 e. The molecule has 2 aromatic rings. The van der Waals surface area contributed by atoms with Gasteiger partial charge in [0.25, 0.3) is 0 Å². The maximum absolute atomic E-state index is 10.7. The molecule has 0 bridgehead atoms. The Hall–Kier alpha value is -2.08. The molecule has 0 saturated carbocycles. The largest absolute Gasteiger partial charge is 0.476 e. The summed E-state index contributed by atoms with van der Waals surface area (Å²) in [7, 11) is 0. The van der Waals surface area contributed by atoms with E-state index in [-0.39, 0.29) is 5.69 Å². The lowest BCUT2D eigenvalue weighted by Gasteiger charge is -2.16. The van der Waals surface area contributed by atoms with Crippen LogP contribution >= 0.6 is 0 Å². The van der Waals surface area contributed by atoms with Crippen LogP contribution in [-0.2, 0) is 13.1 Å². The lowest BCUT2D eigenvalue weighted by Crippen LogP contribution is -2.21. The SMILES string of the molecule is CCN(Cc1ccco1)Cc1cc(C(=O)O)no1. The van der Waals surface area contributed by atoms with Crippen molar-refractivity contribution in [2.75, 3.05) is 6.54 Å². The van der Waals surface area contributed by atoms with E-state index in [4.69, 9.17) is 14.0 Å². The Morgan fingerprint density at radius 3 is 2.78 bits per heavy atom. The van der Waals surface area contributed by atoms with Crippen LogP contribution in [0.25, 0.3) is 0 Å². The molecule has 0 radical (unpaired) electrons. The summed E-state index contributed by atoms with van der Waals surface area (Å²) in [6, 6.07) is 5.17. The maximum Gasteiger partial charge on any atom is 0.358 e. The third-order valence-corrected chi connectivity index (χ3v) is 2.56. The van der Waals surface area contributed by atoms with Crippen LogP contribution in [0.1, 0.15) is 28.9 Å². The second-order valence-electron chi connectivity index (χ2n) is 3.87. The van der Waals surface area contributed by atoms with Crippen molar-refractivity contribution >= 4 is 5.97 Å². The van der Waals surface area contributed by atoms with Crippen molar-refractivity contribution < 1.29 is 18.8 Å². The van der Waals surface area contributed by atoms with Gasteiger partial charge in [-0.3, -0.25) is 4.90 Å². The van der Waals surface area contributed by atoms with Crippen molar-refractivity contribution in [2.24, 2.45) is 0 Å². The van der Waals surface area contributed by atoms with Crippen LogP contribution in [0.4, 0.5) is 0 Å². The summed E-state index contributed by atoms with van der Waals surface area (Å²) >= 11 is 0. The lowest BCUT2D eigenvalue weighted by atomic mass is 10.3. The Balaban J connectivity index is 1.98. The summed E-state index contributed by atoms with van der Waals surface area (Å²) in [6.45, 7) is 3.95. The van der Waals surface area contributed by atoms with Crippen LogP contribution in [0.3, 0.4) is 0 Å². The van der Waals surface area contributed by atoms with Gasteiger partial charge in [-0.2, -0.15) is 0 Å². The smallest absolute Gasteiger partial charge is 0.358 e. The Bertz CT molecular complexity index is 504. The van der Waals surface area contributed by atoms with E-state index in [1.165, 1.54) is 6.07 Å². The molecule has 1 N–H and O–H groups in total. The molecule has 6 heteroatoms. The van der Waals surface area contributed by atoms with Crippen LogP contribution < -0.4 is 0 Å². The van der Waals surface area contributed by atoms with Crippen LogP contribution in [0.15, 0.2) is 33.4 Å². The molecule has 0 fully saturated rings. The topological polar surface area (TPSA) is 79.7 Å². The van der Waals surface area contributed by atoms with E-state index in [0.29, 0.717) is 18.8 Å². The Morgan fingerprint density at radius 2 is 2.22 bits per heavy atom. The summed E-state index contributed by atoms with van der Waals surface area (Å²) in [5.41, 5.74) is -0.0703. The minimum atomic E-state index is -1.08. The molecule has 0 unspecified atom stereocenters. The number of carboxylic acids is 1. The molecule has 0 aliphatic rings. The predicted octanol–water partition coefficient (Wildman–Crippen LogP) is 1.99. The van der Waals surface area contributed by atoms with Gasteiger partial charge in [0.1, 0.15) is 5.76 Å². The normalized spacial score (nSPS) is 11.0. The average molecular weight is 250 g/mol. The van der Waals surface area contributed by atoms with Gasteiger partial charge < -0.3 is 14.0 Å². The highest BCUT2D eigenvalue weighted by molar-refractivity contribution is 5.85. The van der Waals surface area contributed by atoms with Crippen molar-refractivity contribution in [1.29, 1.82) is 0 Å². The third kappa shape index (κ3) is 2.98. The van der Waals surface area contributed by atoms with Gasteiger partial charge in [0, 0.05) is 6.07 Å². The summed E-state index contributed by atoms with van der Waals surface area (Å²) in [5, 5.41) is 12.2. The fourth-order valence-corrected chi connectivity index (χ4v) is 1.61. The number of hydrogen-bond acceptors (Lipinski definition) is 5. The number of aromatic carboxylic acids is 1. The van der Waals surface area contributed by atoms with Crippen molar-refractivity contribution in [3.8, 4) is 0 Å². The van der Waals surface area contributed by atoms with Gasteiger partial charge in [0.2, 0.25) is 0 Å². The first kappa shape index (κ1) is 12.4. The highest BCUT2D eigenvalue weighted by Gasteiger charge is 2.14. The Kier molecular flexibility index (Phi) is 3.78. The number of rotatable bonds is 6. The van der Waals surface area contributed by atoms with E-state index >= 15 is 0 Å². The van der Waals surface area contributed by atoms with Crippen molar-refractivity contribution in [3.63, 3.8) is 0 Å². The van der Waals surface area contributed by atoms with E-state index in [1.807, 2.05) is 19.1 Å². The molecular formula is C12H14N2O4. The minimum absolute atomic E-state index is 0.0703. The summed E-state index contributed by atoms with van der Waals surface area (Å²) in [6.07, 6.45) is 1.63. The third-order valence-electron chi connectivity index (χ3n) is 2.56. The van der Waals surface area contributed by atoms with Gasteiger partial charge in [-0.25, -0.2) is 4.79 Å². The van der Waals surface area contributed by atoms with Gasteiger partial charge in [0.05, 0.1) is 19.4 Å². The van der Waals surface area contributed by atoms with E-state index in [0.717, 1.165) is 12.3 Å². The number of aromatic nitrogens is 1. The van der Waals surface area contributed by atoms with E-state index in [2.05, 4.69) is 10.1 Å². The molecule has 6 nitrogen and oxygen atoms in total. The van der Waals surface area contributed by atoms with Gasteiger partial charge in [-0.05, 0) is 18.7 Å². The second-order valence-corrected chi connectivity index (χ2v) is 3.87. The Labute approximate surface area is 104 Å². The highest BCUT2D eigenvalue weighted by Crippen LogP contribution is 2.11. The van der Waals surface area contributed by atoms with Crippen molar-refractivity contribution in [2.45, 2.75) is 20.0 Å². The summed E-state index contributed by atoms with van der Waals surface area (Å²) < 4.78 is 10.2. The van der Waals surface area contributed by atoms with Gasteiger partial charge >= 0.3 is 5.97 Å². The number of nitrogens with zero attached hydrogens (tertiary/aromatic N) is 2. The molecule has 0 amide bonds. The first-order valence-electron chi connectivity index (χ1n) is 5.62. The van der Waals surface area contributed by atoms with Crippen LogP contribution in [0, 0.1) is 0 Å². The summed E-state index contributed by atoms with van der Waals surface area (Å²) in [4.78, 5) is 12.7. The Morgan fingerprint density at radius 1 is 1.44 bits per heavy atom. The monoisotopic (exact) mass is 250 g/mol. The maximum atomic E-state index is 10.7. The zero-order valence-electron chi connectivity index (χ0n) is 10.00. The van der Waals surface area contributed by atoms with E-state index in [1.54, 1.807) is 6.26 Å². The molecule has 2 aromatic heterocycles. The first-order chi connectivity index (χ1) is 8.69. The average Bonchev–Trinajstić information content (AvgIpc) is 2.99. The second kappa shape index (κ2) is 5.50. The summed E-state index contributed by atoms with van der Waals surface area (Å²) in [5.74, 6) is 0.301. The lowest BCUT2D eigenvalue weighted by molar-refractivity contribution is 0.0685. The van der Waals surface area contributed by atoms with E-state index in [9.17, 15) is 4.79 Å². The molecule has 0 aromatic carbocycles. The molecular weight excluding hydrogens is 236 g/mol. The number of carboxylic acid groups (broad SMARTS) is 1. The molecule has 96 valence electrons. The molecule has 2 heterocycles. The number of carbonyl (C=O) groups is 1. The van der Waals surface area contributed by atoms with Gasteiger partial charge in [-0.15, -0.1) is 0 Å². The quantitative estimate of drug-likeness (QED) is 0.844. The van der Waals surface area contributed by atoms with Crippen molar-refractivity contribution in [1.82, 2.24) is 10.1 Å². The standard InChI is InChI=1S/C12H14N2O4/c1-2-14(7-9-4-3-5-17-9)8-10-6-11(12(15)16)13-18-10/h3-6H,2,7-8H2,1H3,(H,15,16). The molecule has 2 rings (SSSR count). The molecule has 0 aliphatic carbocycles. The van der Waals surface area contributed by atoms with Crippen molar-refractivity contribution in [3.05, 3.63) is 41.7 Å². The van der Waals surface area contributed by atoms with Gasteiger partial charge in [0.15, 0.2) is 11.5 Å². The highest BCUT2D eigenvalue weighted by atomic mass is 16.5. The molecule has 18 heavy (non-hydrogen) atoms. The molecule has 0 saturated heterocycles. The first-order valence-corrected chi connectivity index (χ1v) is 5.62. The molecule has 0 spiro atoms. The van der Waals surface area contributed by atoms with E-state index < -0.39 is 5.97 Å². The van der Waals surface area contributed by atoms with Crippen LogP contribution in [0.2, 0.25) is 0 Å². The predicted molar refractivity (Wildman–Crippen MR) is 62.0 cm³/mol. The van der Waals surface area contributed by atoms with Crippen LogP contribution in [-0.4, -0.2) is 27.7 Å². The zero-order chi connectivity index (χ0) is 13.0. The number of hydrogen-bond donors (Lipinski definition) is 1. The number of furan rings is 1.